The first-order valence-corrected chi connectivity index (χ1v) is 6.27. The van der Waals surface area contributed by atoms with Crippen molar-refractivity contribution in [2.24, 2.45) is 0 Å². The van der Waals surface area contributed by atoms with Crippen molar-refractivity contribution in [3.8, 4) is 0 Å². The number of para-hydroxylation sites is 1. The monoisotopic (exact) mass is 263 g/mol. The highest BCUT2D eigenvalue weighted by Gasteiger charge is 2.11. The standard InChI is InChI=1S/C14H21N3O2/c1-11(18)12-6-4-5-7-13(12)16-14(19)10-17(3)9-8-15-2/h4-7,15H,8-10H2,1-3H3,(H,16,19). The zero-order valence-corrected chi connectivity index (χ0v) is 11.7. The molecule has 5 nitrogen and oxygen atoms in total. The molecule has 0 aliphatic rings. The summed E-state index contributed by atoms with van der Waals surface area (Å²) >= 11 is 0. The second kappa shape index (κ2) is 7.66. The quantitative estimate of drug-likeness (QED) is 0.720. The van der Waals surface area contributed by atoms with Crippen molar-refractivity contribution in [2.75, 3.05) is 39.0 Å². The van der Waals surface area contributed by atoms with Gasteiger partial charge in [0.15, 0.2) is 5.78 Å². The van der Waals surface area contributed by atoms with Crippen molar-refractivity contribution in [3.05, 3.63) is 29.8 Å². The minimum absolute atomic E-state index is 0.0561. The lowest BCUT2D eigenvalue weighted by molar-refractivity contribution is -0.117. The number of nitrogens with one attached hydrogen (secondary N) is 2. The predicted molar refractivity (Wildman–Crippen MR) is 76.5 cm³/mol. The maximum absolute atomic E-state index is 11.9. The summed E-state index contributed by atoms with van der Waals surface area (Å²) in [6, 6.07) is 7.03. The summed E-state index contributed by atoms with van der Waals surface area (Å²) < 4.78 is 0. The van der Waals surface area contributed by atoms with Gasteiger partial charge in [-0.1, -0.05) is 12.1 Å². The Morgan fingerprint density at radius 1 is 1.26 bits per heavy atom. The van der Waals surface area contributed by atoms with E-state index in [9.17, 15) is 9.59 Å². The van der Waals surface area contributed by atoms with Gasteiger partial charge in [0.25, 0.3) is 0 Å². The van der Waals surface area contributed by atoms with Crippen LogP contribution in [-0.2, 0) is 4.79 Å². The van der Waals surface area contributed by atoms with E-state index < -0.39 is 0 Å². The summed E-state index contributed by atoms with van der Waals surface area (Å²) in [4.78, 5) is 25.2. The van der Waals surface area contributed by atoms with Crippen LogP contribution in [0.5, 0.6) is 0 Å². The average molecular weight is 263 g/mol. The third-order valence-corrected chi connectivity index (χ3v) is 2.74. The molecular formula is C14H21N3O2. The van der Waals surface area contributed by atoms with Gasteiger partial charge in [0.05, 0.1) is 12.2 Å². The van der Waals surface area contributed by atoms with E-state index in [1.165, 1.54) is 6.92 Å². The van der Waals surface area contributed by atoms with Crippen LogP contribution < -0.4 is 10.6 Å². The van der Waals surface area contributed by atoms with Gasteiger partial charge in [0.1, 0.15) is 0 Å². The van der Waals surface area contributed by atoms with Crippen LogP contribution in [0.3, 0.4) is 0 Å². The number of likely N-dealkylation sites (N-methyl/N-ethyl adjacent to an activating group) is 2. The number of carbonyl (C=O) groups is 2. The van der Waals surface area contributed by atoms with E-state index in [0.29, 0.717) is 17.8 Å². The van der Waals surface area contributed by atoms with Crippen LogP contribution in [0.4, 0.5) is 5.69 Å². The van der Waals surface area contributed by atoms with Crippen molar-refractivity contribution in [2.45, 2.75) is 6.92 Å². The molecule has 1 amide bonds. The minimum atomic E-state index is -0.118. The van der Waals surface area contributed by atoms with Gasteiger partial charge in [-0.05, 0) is 33.2 Å². The normalized spacial score (nSPS) is 10.5. The Labute approximate surface area is 114 Å². The Morgan fingerprint density at radius 2 is 1.95 bits per heavy atom. The molecule has 0 fully saturated rings. The maximum Gasteiger partial charge on any atom is 0.238 e. The molecule has 0 aliphatic carbocycles. The Kier molecular flexibility index (Phi) is 6.18. The fraction of sp³-hybridized carbons (Fsp3) is 0.429. The van der Waals surface area contributed by atoms with Crippen LogP contribution >= 0.6 is 0 Å². The van der Waals surface area contributed by atoms with Crippen LogP contribution in [0.2, 0.25) is 0 Å². The lowest BCUT2D eigenvalue weighted by Crippen LogP contribution is -2.34. The Bertz CT molecular complexity index is 446. The largest absolute Gasteiger partial charge is 0.324 e. The number of hydrogen-bond acceptors (Lipinski definition) is 4. The molecule has 0 heterocycles. The third kappa shape index (κ3) is 5.19. The van der Waals surface area contributed by atoms with E-state index in [1.54, 1.807) is 24.3 Å². The van der Waals surface area contributed by atoms with Gasteiger partial charge in [0, 0.05) is 18.7 Å². The Morgan fingerprint density at radius 3 is 2.58 bits per heavy atom. The van der Waals surface area contributed by atoms with Crippen LogP contribution in [-0.4, -0.2) is 50.3 Å². The van der Waals surface area contributed by atoms with Crippen LogP contribution in [0, 0.1) is 0 Å². The van der Waals surface area contributed by atoms with Crippen molar-refractivity contribution >= 4 is 17.4 Å². The van der Waals surface area contributed by atoms with Gasteiger partial charge in [-0.3, -0.25) is 14.5 Å². The van der Waals surface area contributed by atoms with Gasteiger partial charge in [-0.15, -0.1) is 0 Å². The van der Waals surface area contributed by atoms with Crippen LogP contribution in [0.15, 0.2) is 24.3 Å². The molecule has 0 aliphatic heterocycles. The van der Waals surface area contributed by atoms with Gasteiger partial charge >= 0.3 is 0 Å². The first kappa shape index (κ1) is 15.3. The first-order chi connectivity index (χ1) is 9.04. The van der Waals surface area contributed by atoms with Gasteiger partial charge in [0.2, 0.25) is 5.91 Å². The number of hydrogen-bond donors (Lipinski definition) is 2. The van der Waals surface area contributed by atoms with E-state index in [2.05, 4.69) is 10.6 Å². The first-order valence-electron chi connectivity index (χ1n) is 6.27. The summed E-state index contributed by atoms with van der Waals surface area (Å²) in [6.45, 7) is 3.41. The Hall–Kier alpha value is -1.72. The molecule has 2 N–H and O–H groups in total. The number of nitrogens with zero attached hydrogens (tertiary/aromatic N) is 1. The summed E-state index contributed by atoms with van der Waals surface area (Å²) in [5.41, 5.74) is 1.11. The molecular weight excluding hydrogens is 242 g/mol. The SMILES string of the molecule is CNCCN(C)CC(=O)Nc1ccccc1C(C)=O. The summed E-state index contributed by atoms with van der Waals surface area (Å²) in [5.74, 6) is -0.174. The van der Waals surface area contributed by atoms with E-state index in [1.807, 2.05) is 19.0 Å². The average Bonchev–Trinajstić information content (AvgIpc) is 2.36. The smallest absolute Gasteiger partial charge is 0.238 e. The highest BCUT2D eigenvalue weighted by Crippen LogP contribution is 2.15. The summed E-state index contributed by atoms with van der Waals surface area (Å²) in [5, 5.41) is 5.80. The number of amides is 1. The number of Topliss-reactive ketones (excluding diaryl/α,β-unsaturated/α-hetero) is 1. The molecule has 0 aromatic heterocycles. The lowest BCUT2D eigenvalue weighted by Gasteiger charge is -2.16. The highest BCUT2D eigenvalue weighted by atomic mass is 16.2. The number of rotatable bonds is 7. The summed E-state index contributed by atoms with van der Waals surface area (Å²) in [7, 11) is 3.75. The molecule has 19 heavy (non-hydrogen) atoms. The van der Waals surface area contributed by atoms with E-state index in [0.717, 1.165) is 13.1 Å². The number of benzene rings is 1. The van der Waals surface area contributed by atoms with Crippen molar-refractivity contribution in [3.63, 3.8) is 0 Å². The lowest BCUT2D eigenvalue weighted by atomic mass is 10.1. The molecule has 5 heteroatoms. The topological polar surface area (TPSA) is 61.4 Å². The number of carbonyl (C=O) groups excluding carboxylic acids is 2. The molecule has 0 unspecified atom stereocenters. The molecule has 0 bridgehead atoms. The highest BCUT2D eigenvalue weighted by molar-refractivity contribution is 6.04. The zero-order valence-electron chi connectivity index (χ0n) is 11.7. The van der Waals surface area contributed by atoms with Crippen molar-refractivity contribution < 1.29 is 9.59 Å². The fourth-order valence-electron chi connectivity index (χ4n) is 1.72. The van der Waals surface area contributed by atoms with Gasteiger partial charge in [-0.25, -0.2) is 0 Å². The molecule has 1 aromatic carbocycles. The van der Waals surface area contributed by atoms with E-state index >= 15 is 0 Å². The van der Waals surface area contributed by atoms with E-state index in [-0.39, 0.29) is 11.7 Å². The number of ketones is 1. The molecule has 0 radical (unpaired) electrons. The summed E-state index contributed by atoms with van der Waals surface area (Å²) in [6.07, 6.45) is 0. The second-order valence-corrected chi connectivity index (χ2v) is 4.49. The predicted octanol–water partition coefficient (Wildman–Crippen LogP) is 0.979. The van der Waals surface area contributed by atoms with Crippen molar-refractivity contribution in [1.29, 1.82) is 0 Å². The minimum Gasteiger partial charge on any atom is -0.324 e. The van der Waals surface area contributed by atoms with Crippen LogP contribution in [0.25, 0.3) is 0 Å². The number of anilines is 1. The van der Waals surface area contributed by atoms with E-state index in [4.69, 9.17) is 0 Å². The maximum atomic E-state index is 11.9. The van der Waals surface area contributed by atoms with Gasteiger partial charge < -0.3 is 10.6 Å². The molecule has 1 rings (SSSR count). The zero-order chi connectivity index (χ0) is 14.3. The molecule has 0 saturated carbocycles. The Balaban J connectivity index is 2.60. The molecule has 104 valence electrons. The fourth-order valence-corrected chi connectivity index (χ4v) is 1.72. The molecule has 0 saturated heterocycles. The second-order valence-electron chi connectivity index (χ2n) is 4.49. The molecule has 1 aromatic rings. The third-order valence-electron chi connectivity index (χ3n) is 2.74. The van der Waals surface area contributed by atoms with Crippen LogP contribution in [0.1, 0.15) is 17.3 Å². The molecule has 0 atom stereocenters. The van der Waals surface area contributed by atoms with Crippen molar-refractivity contribution in [1.82, 2.24) is 10.2 Å². The van der Waals surface area contributed by atoms with Gasteiger partial charge in [-0.2, -0.15) is 0 Å². The molecule has 0 spiro atoms.